The van der Waals surface area contributed by atoms with Crippen molar-refractivity contribution in [1.29, 1.82) is 0 Å². The van der Waals surface area contributed by atoms with E-state index in [2.05, 4.69) is 12.4 Å². The third kappa shape index (κ3) is 2.25. The standard InChI is InChI=1S/C7H15NO2/c1-6-5-7(8-9-2)3-4-10-6/h6-8H,3-5H2,1-2H3. The SMILES string of the molecule is CONC1CCOC(C)C1. The minimum Gasteiger partial charge on any atom is -0.378 e. The Hall–Kier alpha value is -0.120. The van der Waals surface area contributed by atoms with Crippen molar-refractivity contribution in [1.82, 2.24) is 5.48 Å². The van der Waals surface area contributed by atoms with Crippen LogP contribution in [0.2, 0.25) is 0 Å². The smallest absolute Gasteiger partial charge is 0.0572 e. The Labute approximate surface area is 61.7 Å². The Morgan fingerprint density at radius 1 is 1.60 bits per heavy atom. The molecule has 1 fully saturated rings. The number of nitrogens with one attached hydrogen (secondary N) is 1. The average Bonchev–Trinajstić information content (AvgIpc) is 1.88. The molecule has 0 spiro atoms. The molecule has 1 heterocycles. The van der Waals surface area contributed by atoms with Gasteiger partial charge in [0, 0.05) is 12.6 Å². The molecule has 1 aliphatic rings. The first-order chi connectivity index (χ1) is 4.83. The molecule has 60 valence electrons. The van der Waals surface area contributed by atoms with E-state index in [1.807, 2.05) is 0 Å². The second-order valence-electron chi connectivity index (χ2n) is 2.72. The van der Waals surface area contributed by atoms with E-state index in [0.29, 0.717) is 12.1 Å². The summed E-state index contributed by atoms with van der Waals surface area (Å²) in [7, 11) is 1.65. The maximum Gasteiger partial charge on any atom is 0.0572 e. The van der Waals surface area contributed by atoms with Crippen molar-refractivity contribution in [2.45, 2.75) is 31.9 Å². The number of rotatable bonds is 2. The maximum absolute atomic E-state index is 5.36. The largest absolute Gasteiger partial charge is 0.378 e. The molecule has 0 aromatic heterocycles. The zero-order chi connectivity index (χ0) is 7.40. The lowest BCUT2D eigenvalue weighted by Crippen LogP contribution is -2.37. The van der Waals surface area contributed by atoms with Gasteiger partial charge in [0.1, 0.15) is 0 Å². The van der Waals surface area contributed by atoms with Gasteiger partial charge >= 0.3 is 0 Å². The molecule has 0 radical (unpaired) electrons. The lowest BCUT2D eigenvalue weighted by molar-refractivity contribution is -0.0304. The molecule has 10 heavy (non-hydrogen) atoms. The van der Waals surface area contributed by atoms with Gasteiger partial charge in [0.2, 0.25) is 0 Å². The van der Waals surface area contributed by atoms with Crippen molar-refractivity contribution in [3.63, 3.8) is 0 Å². The molecule has 0 amide bonds. The Morgan fingerprint density at radius 3 is 3.00 bits per heavy atom. The van der Waals surface area contributed by atoms with E-state index < -0.39 is 0 Å². The van der Waals surface area contributed by atoms with Crippen LogP contribution in [0.3, 0.4) is 0 Å². The van der Waals surface area contributed by atoms with Gasteiger partial charge in [0.15, 0.2) is 0 Å². The molecule has 1 aliphatic heterocycles. The first kappa shape index (κ1) is 7.98. The zero-order valence-corrected chi connectivity index (χ0v) is 6.59. The molecular formula is C7H15NO2. The van der Waals surface area contributed by atoms with Crippen LogP contribution < -0.4 is 5.48 Å². The lowest BCUT2D eigenvalue weighted by Gasteiger charge is -2.26. The molecule has 0 aromatic carbocycles. The Kier molecular flexibility index (Phi) is 3.12. The normalized spacial score (nSPS) is 34.2. The summed E-state index contributed by atoms with van der Waals surface area (Å²) in [4.78, 5) is 4.82. The molecule has 1 saturated heterocycles. The third-order valence-electron chi connectivity index (χ3n) is 1.77. The van der Waals surface area contributed by atoms with Gasteiger partial charge < -0.3 is 9.57 Å². The number of ether oxygens (including phenoxy) is 1. The van der Waals surface area contributed by atoms with Crippen molar-refractivity contribution in [3.8, 4) is 0 Å². The molecular weight excluding hydrogens is 130 g/mol. The first-order valence-electron chi connectivity index (χ1n) is 3.73. The fraction of sp³-hybridized carbons (Fsp3) is 1.00. The number of hydrogen-bond donors (Lipinski definition) is 1. The van der Waals surface area contributed by atoms with Crippen LogP contribution in [-0.2, 0) is 9.57 Å². The summed E-state index contributed by atoms with van der Waals surface area (Å²) in [5.41, 5.74) is 2.93. The van der Waals surface area contributed by atoms with E-state index in [1.165, 1.54) is 0 Å². The predicted molar refractivity (Wildman–Crippen MR) is 38.6 cm³/mol. The monoisotopic (exact) mass is 145 g/mol. The average molecular weight is 145 g/mol. The van der Waals surface area contributed by atoms with Crippen LogP contribution in [0.1, 0.15) is 19.8 Å². The van der Waals surface area contributed by atoms with Gasteiger partial charge in [-0.15, -0.1) is 0 Å². The molecule has 0 bridgehead atoms. The highest BCUT2D eigenvalue weighted by Crippen LogP contribution is 2.12. The molecule has 0 saturated carbocycles. The minimum absolute atomic E-state index is 0.376. The topological polar surface area (TPSA) is 30.5 Å². The van der Waals surface area contributed by atoms with Gasteiger partial charge in [0.05, 0.1) is 13.2 Å². The molecule has 3 nitrogen and oxygen atoms in total. The van der Waals surface area contributed by atoms with Crippen LogP contribution in [0.25, 0.3) is 0 Å². The summed E-state index contributed by atoms with van der Waals surface area (Å²) in [5, 5.41) is 0. The molecule has 2 atom stereocenters. The third-order valence-corrected chi connectivity index (χ3v) is 1.77. The van der Waals surface area contributed by atoms with Gasteiger partial charge in [-0.05, 0) is 19.8 Å². The van der Waals surface area contributed by atoms with Crippen LogP contribution in [0.4, 0.5) is 0 Å². The highest BCUT2D eigenvalue weighted by atomic mass is 16.6. The van der Waals surface area contributed by atoms with E-state index in [4.69, 9.17) is 9.57 Å². The molecule has 3 heteroatoms. The fourth-order valence-corrected chi connectivity index (χ4v) is 1.27. The molecule has 0 aromatic rings. The van der Waals surface area contributed by atoms with Crippen LogP contribution in [0.15, 0.2) is 0 Å². The highest BCUT2D eigenvalue weighted by Gasteiger charge is 2.18. The molecule has 1 N–H and O–H groups in total. The van der Waals surface area contributed by atoms with Crippen LogP contribution >= 0.6 is 0 Å². The van der Waals surface area contributed by atoms with Gasteiger partial charge in [-0.3, -0.25) is 0 Å². The van der Waals surface area contributed by atoms with Crippen molar-refractivity contribution in [3.05, 3.63) is 0 Å². The van der Waals surface area contributed by atoms with Gasteiger partial charge in [-0.1, -0.05) is 0 Å². The summed E-state index contributed by atoms with van der Waals surface area (Å²) < 4.78 is 5.36. The van der Waals surface area contributed by atoms with Gasteiger partial charge in [-0.25, -0.2) is 0 Å². The predicted octanol–water partition coefficient (Wildman–Crippen LogP) is 0.705. The molecule has 0 aliphatic carbocycles. The Balaban J connectivity index is 2.18. The summed E-state index contributed by atoms with van der Waals surface area (Å²) in [5.74, 6) is 0. The Morgan fingerprint density at radius 2 is 2.40 bits per heavy atom. The summed E-state index contributed by atoms with van der Waals surface area (Å²) >= 11 is 0. The van der Waals surface area contributed by atoms with Crippen LogP contribution in [0.5, 0.6) is 0 Å². The summed E-state index contributed by atoms with van der Waals surface area (Å²) in [6, 6.07) is 0.480. The summed E-state index contributed by atoms with van der Waals surface area (Å²) in [6.45, 7) is 2.94. The zero-order valence-electron chi connectivity index (χ0n) is 6.59. The van der Waals surface area contributed by atoms with E-state index >= 15 is 0 Å². The second-order valence-corrected chi connectivity index (χ2v) is 2.72. The lowest BCUT2D eigenvalue weighted by atomic mass is 10.1. The van der Waals surface area contributed by atoms with Crippen LogP contribution in [-0.4, -0.2) is 25.9 Å². The minimum atomic E-state index is 0.376. The van der Waals surface area contributed by atoms with E-state index in [9.17, 15) is 0 Å². The van der Waals surface area contributed by atoms with Crippen LogP contribution in [0, 0.1) is 0 Å². The number of hydrogen-bond acceptors (Lipinski definition) is 3. The highest BCUT2D eigenvalue weighted by molar-refractivity contribution is 4.70. The fourth-order valence-electron chi connectivity index (χ4n) is 1.27. The van der Waals surface area contributed by atoms with Crippen molar-refractivity contribution < 1.29 is 9.57 Å². The quantitative estimate of drug-likeness (QED) is 0.580. The molecule has 2 unspecified atom stereocenters. The van der Waals surface area contributed by atoms with Gasteiger partial charge in [0.25, 0.3) is 0 Å². The number of hydroxylamine groups is 1. The van der Waals surface area contributed by atoms with Gasteiger partial charge in [-0.2, -0.15) is 5.48 Å². The maximum atomic E-state index is 5.36. The van der Waals surface area contributed by atoms with E-state index in [1.54, 1.807) is 7.11 Å². The van der Waals surface area contributed by atoms with Crippen molar-refractivity contribution in [2.24, 2.45) is 0 Å². The molecule has 1 rings (SSSR count). The summed E-state index contributed by atoms with van der Waals surface area (Å²) in [6.07, 6.45) is 2.48. The van der Waals surface area contributed by atoms with E-state index in [0.717, 1.165) is 19.4 Å². The Bertz CT molecular complexity index is 95.6. The van der Waals surface area contributed by atoms with Crippen molar-refractivity contribution >= 4 is 0 Å². The first-order valence-corrected chi connectivity index (χ1v) is 3.73. The van der Waals surface area contributed by atoms with Crippen molar-refractivity contribution in [2.75, 3.05) is 13.7 Å². The second kappa shape index (κ2) is 3.91. The van der Waals surface area contributed by atoms with E-state index in [-0.39, 0.29) is 0 Å².